The minimum absolute atomic E-state index is 0.0714. The Labute approximate surface area is 151 Å². The maximum atomic E-state index is 13.3. The molecule has 27 heavy (non-hydrogen) atoms. The molecule has 0 saturated carbocycles. The fourth-order valence-electron chi connectivity index (χ4n) is 1.55. The lowest BCUT2D eigenvalue weighted by Gasteiger charge is -2.23. The van der Waals surface area contributed by atoms with E-state index in [-0.39, 0.29) is 17.1 Å². The van der Waals surface area contributed by atoms with E-state index in [1.165, 1.54) is 19.1 Å². The highest BCUT2D eigenvalue weighted by atomic mass is 32.2. The van der Waals surface area contributed by atoms with Crippen LogP contribution in [-0.4, -0.2) is 36.1 Å². The van der Waals surface area contributed by atoms with Crippen LogP contribution in [-0.2, 0) is 19.7 Å². The summed E-state index contributed by atoms with van der Waals surface area (Å²) in [6, 6.07) is 4.71. The van der Waals surface area contributed by atoms with Gasteiger partial charge >= 0.3 is 33.2 Å². The lowest BCUT2D eigenvalue weighted by atomic mass is 10.2. The van der Waals surface area contributed by atoms with Crippen LogP contribution >= 0.6 is 0 Å². The first-order chi connectivity index (χ1) is 12.2. The molecule has 0 saturated heterocycles. The summed E-state index contributed by atoms with van der Waals surface area (Å²) in [6.45, 7) is 4.79. The van der Waals surface area contributed by atoms with Crippen molar-refractivity contribution in [3.8, 4) is 11.5 Å². The van der Waals surface area contributed by atoms with E-state index in [1.54, 1.807) is 0 Å². The molecule has 7 nitrogen and oxygen atoms in total. The monoisotopic (exact) mass is 414 g/mol. The Morgan fingerprint density at radius 3 is 1.93 bits per heavy atom. The van der Waals surface area contributed by atoms with Gasteiger partial charge in [0.25, 0.3) is 0 Å². The van der Waals surface area contributed by atoms with Crippen molar-refractivity contribution < 1.29 is 49.6 Å². The smallest absolute Gasteiger partial charge is 0.427 e. The number of carbonyl (C=O) groups excluding carboxylic acids is 2. The molecule has 0 aliphatic heterocycles. The number of hydrogen-bond acceptors (Lipinski definition) is 6. The highest BCUT2D eigenvalue weighted by Gasteiger charge is 2.65. The molecule has 0 bridgehead atoms. The van der Waals surface area contributed by atoms with Gasteiger partial charge < -0.3 is 9.47 Å². The van der Waals surface area contributed by atoms with Crippen LogP contribution in [0.5, 0.6) is 11.5 Å². The van der Waals surface area contributed by atoms with Gasteiger partial charge in [-0.15, -0.1) is 0 Å². The molecule has 0 atom stereocenters. The predicted octanol–water partition coefficient (Wildman–Crippen LogP) is 2.97. The molecule has 1 aromatic carbocycles. The molecule has 0 spiro atoms. The Kier molecular flexibility index (Phi) is 6.73. The average molecular weight is 414 g/mol. The summed E-state index contributed by atoms with van der Waals surface area (Å²) in [5.74, 6) is -7.35. The van der Waals surface area contributed by atoms with Gasteiger partial charge in [-0.1, -0.05) is 6.58 Å². The Hall–Kier alpha value is -2.47. The van der Waals surface area contributed by atoms with Gasteiger partial charge in [0, 0.05) is 12.0 Å². The van der Waals surface area contributed by atoms with Crippen LogP contribution in [0.4, 0.5) is 17.6 Å². The molecular weight excluding hydrogens is 400 g/mol. The zero-order valence-corrected chi connectivity index (χ0v) is 14.6. The first-order valence-corrected chi connectivity index (χ1v) is 8.52. The summed E-state index contributed by atoms with van der Waals surface area (Å²) in [5, 5.41) is -5.75. The number of ether oxygens (including phenoxy) is 2. The molecule has 1 rings (SSSR count). The second-order valence-electron chi connectivity index (χ2n) is 5.31. The highest BCUT2D eigenvalue weighted by molar-refractivity contribution is 7.87. The van der Waals surface area contributed by atoms with E-state index in [4.69, 9.17) is 9.29 Å². The molecule has 0 aromatic heterocycles. The third-order valence-corrected chi connectivity index (χ3v) is 3.95. The lowest BCUT2D eigenvalue weighted by molar-refractivity contribution is -0.168. The first kappa shape index (κ1) is 22.6. The molecule has 1 aromatic rings. The summed E-state index contributed by atoms with van der Waals surface area (Å²) < 4.78 is 91.0. The predicted molar refractivity (Wildman–Crippen MR) is 83.2 cm³/mol. The number of rotatable bonds is 8. The number of benzene rings is 1. The van der Waals surface area contributed by atoms with Crippen molar-refractivity contribution in [2.45, 2.75) is 30.9 Å². The number of halogens is 4. The second-order valence-corrected chi connectivity index (χ2v) is 6.77. The molecule has 0 aliphatic rings. The molecule has 0 unspecified atom stereocenters. The zero-order chi connectivity index (χ0) is 21.0. The average Bonchev–Trinajstić information content (AvgIpc) is 2.53. The van der Waals surface area contributed by atoms with Crippen molar-refractivity contribution in [2.24, 2.45) is 0 Å². The Bertz CT molecular complexity index is 832. The second kappa shape index (κ2) is 8.05. The van der Waals surface area contributed by atoms with Crippen molar-refractivity contribution in [1.29, 1.82) is 0 Å². The molecule has 0 radical (unpaired) electrons. The molecule has 150 valence electrons. The van der Waals surface area contributed by atoms with Gasteiger partial charge in [0.15, 0.2) is 0 Å². The Balaban J connectivity index is 2.67. The van der Waals surface area contributed by atoms with E-state index < -0.39 is 46.1 Å². The normalized spacial score (nSPS) is 12.4. The maximum Gasteiger partial charge on any atom is 0.431 e. The maximum absolute atomic E-state index is 13.3. The van der Waals surface area contributed by atoms with Gasteiger partial charge in [0.05, 0.1) is 6.42 Å². The zero-order valence-electron chi connectivity index (χ0n) is 13.7. The fourth-order valence-corrected chi connectivity index (χ4v) is 2.03. The van der Waals surface area contributed by atoms with Crippen LogP contribution in [0, 0.1) is 0 Å². The van der Waals surface area contributed by atoms with Gasteiger partial charge in [0.1, 0.15) is 11.5 Å². The summed E-state index contributed by atoms with van der Waals surface area (Å²) >= 11 is 0. The SMILES string of the molecule is C=C(C)C(=O)Oc1ccc(OC(=O)CCC(F)(F)C(F)(F)S(=O)(=O)O)cc1. The van der Waals surface area contributed by atoms with Gasteiger partial charge in [-0.05, 0) is 31.2 Å². The van der Waals surface area contributed by atoms with Crippen LogP contribution in [0.2, 0.25) is 0 Å². The number of hydrogen-bond donors (Lipinski definition) is 1. The molecular formula is C15H14F4O7S. The van der Waals surface area contributed by atoms with Crippen molar-refractivity contribution in [3.63, 3.8) is 0 Å². The molecule has 0 heterocycles. The van der Waals surface area contributed by atoms with Crippen LogP contribution in [0.25, 0.3) is 0 Å². The van der Waals surface area contributed by atoms with Gasteiger partial charge in [0.2, 0.25) is 0 Å². The summed E-state index contributed by atoms with van der Waals surface area (Å²) in [4.78, 5) is 22.8. The first-order valence-electron chi connectivity index (χ1n) is 7.08. The fraction of sp³-hybridized carbons (Fsp3) is 0.333. The molecule has 0 fully saturated rings. The molecule has 1 N–H and O–H groups in total. The van der Waals surface area contributed by atoms with Crippen LogP contribution in [0.3, 0.4) is 0 Å². The van der Waals surface area contributed by atoms with E-state index in [2.05, 4.69) is 11.3 Å². The van der Waals surface area contributed by atoms with Gasteiger partial charge in [-0.2, -0.15) is 26.0 Å². The summed E-state index contributed by atoms with van der Waals surface area (Å²) in [6.07, 6.45) is -3.14. The number of alkyl halides is 4. The third kappa shape index (κ3) is 5.76. The quantitative estimate of drug-likeness (QED) is 0.229. The summed E-state index contributed by atoms with van der Waals surface area (Å²) in [5.41, 5.74) is 0.133. The number of esters is 2. The Morgan fingerprint density at radius 2 is 1.52 bits per heavy atom. The summed E-state index contributed by atoms with van der Waals surface area (Å²) in [7, 11) is -6.37. The largest absolute Gasteiger partial charge is 0.431 e. The minimum Gasteiger partial charge on any atom is -0.427 e. The van der Waals surface area contributed by atoms with Crippen LogP contribution < -0.4 is 9.47 Å². The Morgan fingerprint density at radius 1 is 1.07 bits per heavy atom. The lowest BCUT2D eigenvalue weighted by Crippen LogP contribution is -2.47. The number of carbonyl (C=O) groups is 2. The third-order valence-electron chi connectivity index (χ3n) is 3.01. The highest BCUT2D eigenvalue weighted by Crippen LogP contribution is 2.41. The van der Waals surface area contributed by atoms with Crippen molar-refractivity contribution >= 4 is 22.1 Å². The van der Waals surface area contributed by atoms with Gasteiger partial charge in [-0.25, -0.2) is 4.79 Å². The van der Waals surface area contributed by atoms with E-state index in [0.29, 0.717) is 0 Å². The van der Waals surface area contributed by atoms with Crippen molar-refractivity contribution in [3.05, 3.63) is 36.4 Å². The van der Waals surface area contributed by atoms with E-state index >= 15 is 0 Å². The van der Waals surface area contributed by atoms with Crippen molar-refractivity contribution in [2.75, 3.05) is 0 Å². The molecule has 0 amide bonds. The standard InChI is InChI=1S/C15H14F4O7S/c1-9(2)13(21)26-11-5-3-10(4-6-11)25-12(20)7-8-14(16,17)15(18,19)27(22,23)24/h3-6H,1,7-8H2,2H3,(H,22,23,24). The molecule has 12 heteroatoms. The minimum atomic E-state index is -6.37. The van der Waals surface area contributed by atoms with E-state index in [1.807, 2.05) is 0 Å². The van der Waals surface area contributed by atoms with Crippen molar-refractivity contribution in [1.82, 2.24) is 0 Å². The van der Waals surface area contributed by atoms with Crippen LogP contribution in [0.1, 0.15) is 19.8 Å². The topological polar surface area (TPSA) is 107 Å². The molecule has 0 aliphatic carbocycles. The van der Waals surface area contributed by atoms with Crippen LogP contribution in [0.15, 0.2) is 36.4 Å². The van der Waals surface area contributed by atoms with E-state index in [9.17, 15) is 35.6 Å². The van der Waals surface area contributed by atoms with E-state index in [0.717, 1.165) is 12.1 Å². The van der Waals surface area contributed by atoms with Gasteiger partial charge in [-0.3, -0.25) is 9.35 Å².